The van der Waals surface area contributed by atoms with Gasteiger partial charge in [0.1, 0.15) is 0 Å². The summed E-state index contributed by atoms with van der Waals surface area (Å²) in [6.07, 6.45) is 0.297. The summed E-state index contributed by atoms with van der Waals surface area (Å²) in [5.41, 5.74) is 4.26. The molecule has 0 aromatic rings. The van der Waals surface area contributed by atoms with Crippen LogP contribution in [0.5, 0.6) is 0 Å². The highest BCUT2D eigenvalue weighted by Crippen LogP contribution is 2.05. The number of hydrogen-bond acceptors (Lipinski definition) is 7. The lowest BCUT2D eigenvalue weighted by atomic mass is 10.5. The molecule has 0 bridgehead atoms. The summed E-state index contributed by atoms with van der Waals surface area (Å²) in [5.74, 6) is 0. The maximum atomic E-state index is 10.8. The van der Waals surface area contributed by atoms with E-state index >= 15 is 0 Å². The van der Waals surface area contributed by atoms with E-state index in [0.717, 1.165) is 0 Å². The average Bonchev–Trinajstić information content (AvgIpc) is 2.13. The van der Waals surface area contributed by atoms with Gasteiger partial charge in [0.25, 0.3) is 0 Å². The molecule has 0 aliphatic heterocycles. The molecular weight excluding hydrogens is 286 g/mol. The zero-order valence-electron chi connectivity index (χ0n) is 9.71. The molecule has 0 unspecified atom stereocenters. The Morgan fingerprint density at radius 2 is 2.00 bits per heavy atom. The molecular formula is C6H17N3O7SSi. The van der Waals surface area contributed by atoms with Gasteiger partial charge in [-0.05, 0) is 13.3 Å². The smallest absolute Gasteiger partial charge is 0.390 e. The van der Waals surface area contributed by atoms with Crippen LogP contribution in [0.3, 0.4) is 0 Å². The highest BCUT2D eigenvalue weighted by atomic mass is 32.2. The number of hydrazine groups is 1. The minimum Gasteiger partial charge on any atom is -0.390 e. The second kappa shape index (κ2) is 7.62. The van der Waals surface area contributed by atoms with Crippen LogP contribution in [0.2, 0.25) is 6.04 Å². The third-order valence-electron chi connectivity index (χ3n) is 1.60. The minimum absolute atomic E-state index is 0.0371. The van der Waals surface area contributed by atoms with Crippen molar-refractivity contribution in [2.75, 3.05) is 13.2 Å². The molecule has 0 radical (unpaired) electrons. The summed E-state index contributed by atoms with van der Waals surface area (Å²) in [7, 11) is -8.21. The largest absolute Gasteiger partial charge is 0.495 e. The van der Waals surface area contributed by atoms with Crippen molar-refractivity contribution in [2.24, 2.45) is 0 Å². The predicted molar refractivity (Wildman–Crippen MR) is 62.5 cm³/mol. The Morgan fingerprint density at radius 1 is 1.39 bits per heavy atom. The topological polar surface area (TPSA) is 157 Å². The van der Waals surface area contributed by atoms with E-state index in [1.54, 1.807) is 6.92 Å². The summed E-state index contributed by atoms with van der Waals surface area (Å²) in [4.78, 5) is 29.4. The standard InChI is InChI=1S/C6H17N3O7SSi/c1-2-16-18(14,15)5-3-4-7-8-6(10)9-17(11,12)13/h7,14-15H,2-5H2,1H3,(H2,8,9,10)(H,11,12,13). The van der Waals surface area contributed by atoms with Crippen molar-refractivity contribution in [2.45, 2.75) is 19.4 Å². The summed E-state index contributed by atoms with van der Waals surface area (Å²) < 4.78 is 34.7. The molecule has 0 heterocycles. The van der Waals surface area contributed by atoms with Crippen molar-refractivity contribution < 1.29 is 31.8 Å². The molecule has 0 aromatic carbocycles. The van der Waals surface area contributed by atoms with Crippen LogP contribution in [-0.2, 0) is 14.7 Å². The Morgan fingerprint density at radius 3 is 2.50 bits per heavy atom. The first-order valence-electron chi connectivity index (χ1n) is 5.03. The maximum Gasteiger partial charge on any atom is 0.495 e. The molecule has 0 aliphatic rings. The minimum atomic E-state index is -4.59. The van der Waals surface area contributed by atoms with Gasteiger partial charge in [0.2, 0.25) is 0 Å². The van der Waals surface area contributed by atoms with Gasteiger partial charge in [-0.25, -0.2) is 14.9 Å². The van der Waals surface area contributed by atoms with Crippen LogP contribution in [0.15, 0.2) is 0 Å². The fourth-order valence-corrected chi connectivity index (χ4v) is 2.53. The van der Waals surface area contributed by atoms with Gasteiger partial charge in [-0.15, -0.1) is 0 Å². The third-order valence-corrected chi connectivity index (χ3v) is 3.80. The Labute approximate surface area is 106 Å². The molecule has 108 valence electrons. The molecule has 0 rings (SSSR count). The van der Waals surface area contributed by atoms with E-state index in [0.29, 0.717) is 6.42 Å². The van der Waals surface area contributed by atoms with Gasteiger partial charge >= 0.3 is 25.1 Å². The Balaban J connectivity index is 3.66. The summed E-state index contributed by atoms with van der Waals surface area (Å²) in [6, 6.07) is -1.12. The molecule has 2 amide bonds. The fourth-order valence-electron chi connectivity index (χ4n) is 0.996. The van der Waals surface area contributed by atoms with Crippen molar-refractivity contribution in [3.8, 4) is 0 Å². The van der Waals surface area contributed by atoms with Gasteiger partial charge in [0.05, 0.1) is 0 Å². The number of rotatable bonds is 8. The first-order valence-corrected chi connectivity index (χ1v) is 8.48. The summed E-state index contributed by atoms with van der Waals surface area (Å²) >= 11 is 0. The molecule has 12 heteroatoms. The van der Waals surface area contributed by atoms with Crippen molar-refractivity contribution in [1.29, 1.82) is 0 Å². The second-order valence-electron chi connectivity index (χ2n) is 3.24. The van der Waals surface area contributed by atoms with Gasteiger partial charge < -0.3 is 14.0 Å². The normalized spacial score (nSPS) is 12.2. The van der Waals surface area contributed by atoms with Crippen LogP contribution in [0.1, 0.15) is 13.3 Å². The number of amides is 2. The molecule has 0 saturated heterocycles. The molecule has 0 atom stereocenters. The van der Waals surface area contributed by atoms with Gasteiger partial charge in [-0.1, -0.05) is 0 Å². The van der Waals surface area contributed by atoms with Crippen LogP contribution in [0.4, 0.5) is 4.79 Å². The van der Waals surface area contributed by atoms with Crippen LogP contribution in [0.25, 0.3) is 0 Å². The van der Waals surface area contributed by atoms with Gasteiger partial charge in [-0.3, -0.25) is 9.98 Å². The number of urea groups is 1. The van der Waals surface area contributed by atoms with Crippen LogP contribution >= 0.6 is 0 Å². The monoisotopic (exact) mass is 303 g/mol. The number of carbonyl (C=O) groups excluding carboxylic acids is 1. The van der Waals surface area contributed by atoms with E-state index in [1.165, 1.54) is 4.72 Å². The highest BCUT2D eigenvalue weighted by molar-refractivity contribution is 7.84. The Hall–Kier alpha value is -0.763. The fraction of sp³-hybridized carbons (Fsp3) is 0.833. The van der Waals surface area contributed by atoms with Gasteiger partial charge in [0.15, 0.2) is 0 Å². The summed E-state index contributed by atoms with van der Waals surface area (Å²) in [6.45, 7) is 2.00. The first-order chi connectivity index (χ1) is 8.16. The molecule has 0 spiro atoms. The van der Waals surface area contributed by atoms with Crippen molar-refractivity contribution in [3.05, 3.63) is 0 Å². The lowest BCUT2D eigenvalue weighted by molar-refractivity contribution is 0.155. The SMILES string of the molecule is CCO[Si](O)(O)CCCNNC(=O)NS(=O)(=O)O. The zero-order chi connectivity index (χ0) is 14.2. The molecule has 6 N–H and O–H groups in total. The molecule has 0 aliphatic carbocycles. The van der Waals surface area contributed by atoms with E-state index in [2.05, 4.69) is 5.43 Å². The summed E-state index contributed by atoms with van der Waals surface area (Å²) in [5, 5.41) is 0. The predicted octanol–water partition coefficient (Wildman–Crippen LogP) is -2.06. The highest BCUT2D eigenvalue weighted by Gasteiger charge is 2.30. The van der Waals surface area contributed by atoms with E-state index in [9.17, 15) is 22.8 Å². The second-order valence-corrected chi connectivity index (χ2v) is 6.67. The molecule has 0 fully saturated rings. The van der Waals surface area contributed by atoms with E-state index in [-0.39, 0.29) is 19.2 Å². The van der Waals surface area contributed by atoms with E-state index in [1.807, 2.05) is 5.43 Å². The van der Waals surface area contributed by atoms with Crippen molar-refractivity contribution in [1.82, 2.24) is 15.6 Å². The third kappa shape index (κ3) is 10.4. The number of hydrogen-bond donors (Lipinski definition) is 6. The van der Waals surface area contributed by atoms with Crippen LogP contribution < -0.4 is 15.6 Å². The zero-order valence-corrected chi connectivity index (χ0v) is 11.5. The van der Waals surface area contributed by atoms with E-state index in [4.69, 9.17) is 8.98 Å². The van der Waals surface area contributed by atoms with Crippen molar-refractivity contribution >= 4 is 25.1 Å². The Bertz CT molecular complexity index is 360. The van der Waals surface area contributed by atoms with Crippen molar-refractivity contribution in [3.63, 3.8) is 0 Å². The van der Waals surface area contributed by atoms with E-state index < -0.39 is 25.1 Å². The molecule has 10 nitrogen and oxygen atoms in total. The average molecular weight is 303 g/mol. The quantitative estimate of drug-likeness (QED) is 0.129. The molecule has 0 saturated carbocycles. The Kier molecular flexibility index (Phi) is 7.30. The number of nitrogens with one attached hydrogen (secondary N) is 3. The molecule has 0 aromatic heterocycles. The number of carbonyl (C=O) groups is 1. The van der Waals surface area contributed by atoms with Gasteiger partial charge in [-0.2, -0.15) is 8.42 Å². The lowest BCUT2D eigenvalue weighted by Gasteiger charge is -2.16. The van der Waals surface area contributed by atoms with Gasteiger partial charge in [0, 0.05) is 19.2 Å². The van der Waals surface area contributed by atoms with Crippen LogP contribution in [0, 0.1) is 0 Å². The maximum absolute atomic E-state index is 10.8. The first kappa shape index (κ1) is 17.2. The lowest BCUT2D eigenvalue weighted by Crippen LogP contribution is -2.47. The molecule has 18 heavy (non-hydrogen) atoms. The van der Waals surface area contributed by atoms with Crippen LogP contribution in [-0.4, -0.2) is 50.5 Å².